The van der Waals surface area contributed by atoms with Crippen molar-refractivity contribution >= 4 is 27.5 Å². The Bertz CT molecular complexity index is 1660. The van der Waals surface area contributed by atoms with Gasteiger partial charge in [0.15, 0.2) is 0 Å². The molecule has 4 rings (SSSR count). The summed E-state index contributed by atoms with van der Waals surface area (Å²) in [4.78, 5) is 29.8. The molecule has 236 valence electrons. The Labute approximate surface area is 266 Å². The van der Waals surface area contributed by atoms with E-state index in [1.807, 2.05) is 82.3 Å². The van der Waals surface area contributed by atoms with E-state index in [9.17, 15) is 18.0 Å². The molecule has 0 aliphatic carbocycles. The number of nitrogens with one attached hydrogen (secondary N) is 1. The number of para-hydroxylation sites is 1. The van der Waals surface area contributed by atoms with Gasteiger partial charge in [-0.3, -0.25) is 13.9 Å². The molecule has 45 heavy (non-hydrogen) atoms. The molecule has 0 saturated carbocycles. The molecule has 0 radical (unpaired) electrons. The zero-order valence-electron chi connectivity index (χ0n) is 26.2. The summed E-state index contributed by atoms with van der Waals surface area (Å²) in [7, 11) is -4.19. The number of hydrogen-bond acceptors (Lipinski definition) is 5. The second-order valence-electron chi connectivity index (χ2n) is 11.1. The molecule has 0 aromatic heterocycles. The number of amides is 2. The average molecular weight is 628 g/mol. The highest BCUT2D eigenvalue weighted by Gasteiger charge is 2.35. The van der Waals surface area contributed by atoms with Crippen molar-refractivity contribution in [1.29, 1.82) is 0 Å². The van der Waals surface area contributed by atoms with Crippen molar-refractivity contribution in [1.82, 2.24) is 10.2 Å². The molecule has 0 unspecified atom stereocenters. The lowest BCUT2D eigenvalue weighted by atomic mass is 10.0. The second-order valence-corrected chi connectivity index (χ2v) is 12.9. The van der Waals surface area contributed by atoms with Gasteiger partial charge in [-0.2, -0.15) is 0 Å². The molecule has 0 heterocycles. The number of carbonyl (C=O) groups is 2. The van der Waals surface area contributed by atoms with E-state index in [0.29, 0.717) is 18.0 Å². The minimum absolute atomic E-state index is 0.0199. The Hall–Kier alpha value is -4.63. The number of sulfonamides is 1. The molecule has 8 nitrogen and oxygen atoms in total. The zero-order chi connectivity index (χ0) is 32.4. The van der Waals surface area contributed by atoms with Crippen LogP contribution in [0.5, 0.6) is 5.75 Å². The molecule has 4 aromatic rings. The van der Waals surface area contributed by atoms with Gasteiger partial charge in [0, 0.05) is 19.0 Å². The molecular formula is C36H41N3O5S. The van der Waals surface area contributed by atoms with Crippen molar-refractivity contribution in [3.63, 3.8) is 0 Å². The normalized spacial score (nSPS) is 11.9. The molecule has 0 aliphatic heterocycles. The van der Waals surface area contributed by atoms with E-state index >= 15 is 0 Å². The van der Waals surface area contributed by atoms with Gasteiger partial charge in [-0.15, -0.1) is 0 Å². The van der Waals surface area contributed by atoms with E-state index in [0.717, 1.165) is 21.0 Å². The average Bonchev–Trinajstić information content (AvgIpc) is 3.03. The van der Waals surface area contributed by atoms with Crippen LogP contribution in [0.25, 0.3) is 0 Å². The maximum atomic E-state index is 14.5. The van der Waals surface area contributed by atoms with Gasteiger partial charge in [-0.05, 0) is 80.8 Å². The third kappa shape index (κ3) is 8.73. The number of anilines is 1. The van der Waals surface area contributed by atoms with Crippen LogP contribution in [0.4, 0.5) is 5.69 Å². The van der Waals surface area contributed by atoms with Gasteiger partial charge in [0.1, 0.15) is 18.3 Å². The molecule has 2 amide bonds. The zero-order valence-corrected chi connectivity index (χ0v) is 27.0. The van der Waals surface area contributed by atoms with E-state index < -0.39 is 28.5 Å². The second kappa shape index (κ2) is 15.4. The molecule has 9 heteroatoms. The van der Waals surface area contributed by atoms with E-state index in [2.05, 4.69) is 5.32 Å². The molecule has 0 fully saturated rings. The van der Waals surface area contributed by atoms with E-state index in [1.54, 1.807) is 42.5 Å². The maximum Gasteiger partial charge on any atom is 0.264 e. The number of rotatable bonds is 14. The van der Waals surface area contributed by atoms with Gasteiger partial charge in [0.2, 0.25) is 11.8 Å². The lowest BCUT2D eigenvalue weighted by Crippen LogP contribution is -2.54. The van der Waals surface area contributed by atoms with E-state index in [4.69, 9.17) is 4.74 Å². The number of aryl methyl sites for hydroxylation is 1. The molecule has 0 saturated heterocycles. The highest BCUT2D eigenvalue weighted by Crippen LogP contribution is 2.26. The number of benzene rings is 4. The summed E-state index contributed by atoms with van der Waals surface area (Å²) in [6.45, 7) is 7.60. The first-order valence-electron chi connectivity index (χ1n) is 15.1. The Balaban J connectivity index is 1.78. The summed E-state index contributed by atoms with van der Waals surface area (Å²) in [5.74, 6) is -0.268. The summed E-state index contributed by atoms with van der Waals surface area (Å²) in [5.41, 5.74) is 3.04. The minimum atomic E-state index is -4.19. The van der Waals surface area contributed by atoms with Crippen molar-refractivity contribution in [3.8, 4) is 5.75 Å². The number of ether oxygens (including phenoxy) is 1. The van der Waals surface area contributed by atoms with Crippen LogP contribution in [-0.4, -0.2) is 50.4 Å². The third-order valence-corrected chi connectivity index (χ3v) is 9.14. The van der Waals surface area contributed by atoms with Crippen LogP contribution in [0.2, 0.25) is 0 Å². The lowest BCUT2D eigenvalue weighted by molar-refractivity contribution is -0.140. The highest BCUT2D eigenvalue weighted by molar-refractivity contribution is 7.92. The predicted molar refractivity (Wildman–Crippen MR) is 178 cm³/mol. The SMILES string of the molecule is CCOc1ccc(S(=O)(=O)N(CC(=O)N(Cc2ccccc2C)[C@@H](Cc2ccccc2)C(=O)NC(C)C)c2ccccc2)cc1. The third-order valence-electron chi connectivity index (χ3n) is 7.35. The first-order valence-corrected chi connectivity index (χ1v) is 16.5. The van der Waals surface area contributed by atoms with Crippen LogP contribution in [0, 0.1) is 6.92 Å². The van der Waals surface area contributed by atoms with E-state index in [-0.39, 0.29) is 29.8 Å². The summed E-state index contributed by atoms with van der Waals surface area (Å²) in [6, 6.07) is 30.8. The lowest BCUT2D eigenvalue weighted by Gasteiger charge is -2.34. The highest BCUT2D eigenvalue weighted by atomic mass is 32.2. The topological polar surface area (TPSA) is 96.0 Å². The molecule has 1 atom stereocenters. The summed E-state index contributed by atoms with van der Waals surface area (Å²) < 4.78 is 34.9. The first-order chi connectivity index (χ1) is 21.6. The van der Waals surface area contributed by atoms with Crippen LogP contribution >= 0.6 is 0 Å². The number of carbonyl (C=O) groups excluding carboxylic acids is 2. The fourth-order valence-corrected chi connectivity index (χ4v) is 6.44. The van der Waals surface area contributed by atoms with Crippen molar-refractivity contribution in [2.75, 3.05) is 17.5 Å². The summed E-state index contributed by atoms with van der Waals surface area (Å²) in [6.07, 6.45) is 0.258. The molecule has 1 N–H and O–H groups in total. The van der Waals surface area contributed by atoms with Gasteiger partial charge in [0.25, 0.3) is 10.0 Å². The van der Waals surface area contributed by atoms with Crippen molar-refractivity contribution in [2.24, 2.45) is 0 Å². The fourth-order valence-electron chi connectivity index (χ4n) is 5.03. The molecule has 0 aliphatic rings. The van der Waals surface area contributed by atoms with Gasteiger partial charge in [0.05, 0.1) is 17.2 Å². The van der Waals surface area contributed by atoms with Crippen molar-refractivity contribution in [3.05, 3.63) is 126 Å². The van der Waals surface area contributed by atoms with Crippen LogP contribution in [0.3, 0.4) is 0 Å². The molecule has 4 aromatic carbocycles. The Morgan fingerprint density at radius 1 is 0.822 bits per heavy atom. The van der Waals surface area contributed by atoms with E-state index in [1.165, 1.54) is 17.0 Å². The monoisotopic (exact) mass is 627 g/mol. The van der Waals surface area contributed by atoms with Crippen LogP contribution < -0.4 is 14.4 Å². The van der Waals surface area contributed by atoms with Crippen LogP contribution in [-0.2, 0) is 32.6 Å². The summed E-state index contributed by atoms with van der Waals surface area (Å²) >= 11 is 0. The molecule has 0 bridgehead atoms. The largest absolute Gasteiger partial charge is 0.494 e. The number of hydrogen-bond donors (Lipinski definition) is 1. The van der Waals surface area contributed by atoms with Crippen molar-refractivity contribution < 1.29 is 22.7 Å². The Morgan fingerprint density at radius 2 is 1.42 bits per heavy atom. The Morgan fingerprint density at radius 3 is 2.02 bits per heavy atom. The predicted octanol–water partition coefficient (Wildman–Crippen LogP) is 5.75. The standard InChI is InChI=1S/C36H41N3O5S/c1-5-44-32-20-22-33(23-21-32)45(42,43)39(31-18-10-7-11-19-31)26-35(40)38(25-30-17-13-12-14-28(30)4)34(36(41)37-27(2)3)24-29-15-8-6-9-16-29/h6-23,27,34H,5,24-26H2,1-4H3,(H,37,41)/t34-/m0/s1. The molecular weight excluding hydrogens is 586 g/mol. The van der Waals surface area contributed by atoms with Gasteiger partial charge in [-0.1, -0.05) is 72.8 Å². The quantitative estimate of drug-likeness (QED) is 0.192. The summed E-state index contributed by atoms with van der Waals surface area (Å²) in [5, 5.41) is 2.98. The Kier molecular flexibility index (Phi) is 11.4. The maximum absolute atomic E-state index is 14.5. The fraction of sp³-hybridized carbons (Fsp3) is 0.278. The number of nitrogens with zero attached hydrogens (tertiary/aromatic N) is 2. The van der Waals surface area contributed by atoms with Gasteiger partial charge in [-0.25, -0.2) is 8.42 Å². The first kappa shape index (κ1) is 33.3. The van der Waals surface area contributed by atoms with Crippen LogP contribution in [0.1, 0.15) is 37.5 Å². The smallest absolute Gasteiger partial charge is 0.264 e. The van der Waals surface area contributed by atoms with Gasteiger partial charge < -0.3 is 15.0 Å². The van der Waals surface area contributed by atoms with Gasteiger partial charge >= 0.3 is 0 Å². The molecule has 0 spiro atoms. The van der Waals surface area contributed by atoms with Crippen LogP contribution in [0.15, 0.2) is 114 Å². The van der Waals surface area contributed by atoms with Crippen molar-refractivity contribution in [2.45, 2.75) is 57.6 Å². The minimum Gasteiger partial charge on any atom is -0.494 e.